The number of pyridine rings is 1. The highest BCUT2D eigenvalue weighted by atomic mass is 16.4. The Morgan fingerprint density at radius 2 is 2.14 bits per heavy atom. The van der Waals surface area contributed by atoms with Crippen LogP contribution in [-0.4, -0.2) is 10.9 Å². The van der Waals surface area contributed by atoms with Crippen molar-refractivity contribution in [3.8, 4) is 0 Å². The number of nitrogens with one attached hydrogen (secondary N) is 1. The van der Waals surface area contributed by atoms with Crippen LogP contribution in [0.15, 0.2) is 58.0 Å². The monoisotopic (exact) mass is 294 g/mol. The summed E-state index contributed by atoms with van der Waals surface area (Å²) in [5.41, 5.74) is 1.72. The second-order valence-electron chi connectivity index (χ2n) is 5.03. The molecule has 5 heteroatoms. The quantitative estimate of drug-likeness (QED) is 0.753. The first kappa shape index (κ1) is 14.0. The van der Waals surface area contributed by atoms with Crippen molar-refractivity contribution < 1.29 is 9.21 Å². The summed E-state index contributed by atoms with van der Waals surface area (Å²) < 4.78 is 5.19. The first-order valence-corrected chi connectivity index (χ1v) is 6.85. The minimum atomic E-state index is -0.639. The number of carbonyl (C=O) groups is 1. The van der Waals surface area contributed by atoms with Gasteiger partial charge in [-0.15, -0.1) is 0 Å². The zero-order valence-corrected chi connectivity index (χ0v) is 12.0. The maximum Gasteiger partial charge on any atom is 0.349 e. The summed E-state index contributed by atoms with van der Waals surface area (Å²) in [6, 6.07) is 10.6. The van der Waals surface area contributed by atoms with Crippen molar-refractivity contribution in [3.63, 3.8) is 0 Å². The summed E-state index contributed by atoms with van der Waals surface area (Å²) >= 11 is 0. The summed E-state index contributed by atoms with van der Waals surface area (Å²) in [6.07, 6.45) is 3.32. The van der Waals surface area contributed by atoms with E-state index in [9.17, 15) is 9.59 Å². The molecule has 0 spiro atoms. The van der Waals surface area contributed by atoms with Crippen LogP contribution in [0.4, 0.5) is 0 Å². The maximum absolute atomic E-state index is 12.2. The van der Waals surface area contributed by atoms with E-state index in [1.165, 1.54) is 0 Å². The van der Waals surface area contributed by atoms with E-state index in [0.717, 1.165) is 16.5 Å². The lowest BCUT2D eigenvalue weighted by atomic mass is 10.1. The second kappa shape index (κ2) is 5.81. The van der Waals surface area contributed by atoms with Gasteiger partial charge in [-0.05, 0) is 36.8 Å². The predicted octanol–water partition coefficient (Wildman–Crippen LogP) is 2.43. The lowest BCUT2D eigenvalue weighted by molar-refractivity contribution is 0.0947. The van der Waals surface area contributed by atoms with Gasteiger partial charge in [0.1, 0.15) is 11.1 Å². The first-order valence-electron chi connectivity index (χ1n) is 6.85. The van der Waals surface area contributed by atoms with Crippen molar-refractivity contribution in [1.82, 2.24) is 10.3 Å². The average Bonchev–Trinajstić information content (AvgIpc) is 2.53. The Labute approximate surface area is 126 Å². The SMILES string of the molecule is Cc1ccc2oc(=O)c(C(=O)NCc3cccnc3)cc2c1. The van der Waals surface area contributed by atoms with Gasteiger partial charge in [-0.3, -0.25) is 9.78 Å². The van der Waals surface area contributed by atoms with Crippen LogP contribution in [0.1, 0.15) is 21.5 Å². The van der Waals surface area contributed by atoms with Crippen molar-refractivity contribution in [2.75, 3.05) is 0 Å². The molecule has 0 aliphatic heterocycles. The number of aryl methyl sites for hydroxylation is 1. The zero-order valence-electron chi connectivity index (χ0n) is 12.0. The standard InChI is InChI=1S/C17H14N2O3/c1-11-4-5-15-13(7-11)8-14(17(21)22-15)16(20)19-10-12-3-2-6-18-9-12/h2-9H,10H2,1H3,(H,19,20). The van der Waals surface area contributed by atoms with Crippen LogP contribution in [0, 0.1) is 6.92 Å². The second-order valence-corrected chi connectivity index (χ2v) is 5.03. The van der Waals surface area contributed by atoms with Crippen LogP contribution in [0.5, 0.6) is 0 Å². The van der Waals surface area contributed by atoms with Crippen LogP contribution in [0.3, 0.4) is 0 Å². The third-order valence-electron chi connectivity index (χ3n) is 3.31. The first-order chi connectivity index (χ1) is 10.6. The number of benzene rings is 1. The van der Waals surface area contributed by atoms with Gasteiger partial charge in [-0.25, -0.2) is 4.79 Å². The van der Waals surface area contributed by atoms with E-state index in [1.54, 1.807) is 30.6 Å². The number of hydrogen-bond donors (Lipinski definition) is 1. The third kappa shape index (κ3) is 2.88. The number of hydrogen-bond acceptors (Lipinski definition) is 4. The highest BCUT2D eigenvalue weighted by molar-refractivity contribution is 5.96. The van der Waals surface area contributed by atoms with Crippen LogP contribution < -0.4 is 10.9 Å². The fraction of sp³-hybridized carbons (Fsp3) is 0.118. The molecule has 1 N–H and O–H groups in total. The molecule has 0 unspecified atom stereocenters. The molecular weight excluding hydrogens is 280 g/mol. The molecule has 2 heterocycles. The fourth-order valence-electron chi connectivity index (χ4n) is 2.18. The van der Waals surface area contributed by atoms with Crippen molar-refractivity contribution in [1.29, 1.82) is 0 Å². The van der Waals surface area contributed by atoms with Gasteiger partial charge in [0.15, 0.2) is 0 Å². The minimum Gasteiger partial charge on any atom is -0.422 e. The van der Waals surface area contributed by atoms with E-state index in [4.69, 9.17) is 4.42 Å². The van der Waals surface area contributed by atoms with E-state index in [0.29, 0.717) is 12.1 Å². The molecular formula is C17H14N2O3. The molecule has 1 aromatic carbocycles. The molecule has 0 aliphatic rings. The Bertz CT molecular complexity index is 885. The molecule has 110 valence electrons. The fourth-order valence-corrected chi connectivity index (χ4v) is 2.18. The number of fused-ring (bicyclic) bond motifs is 1. The molecule has 2 aromatic heterocycles. The van der Waals surface area contributed by atoms with Gasteiger partial charge in [0.05, 0.1) is 0 Å². The molecule has 0 saturated carbocycles. The highest BCUT2D eigenvalue weighted by Crippen LogP contribution is 2.15. The minimum absolute atomic E-state index is 0.00184. The number of nitrogens with zero attached hydrogens (tertiary/aromatic N) is 1. The van der Waals surface area contributed by atoms with Gasteiger partial charge in [-0.2, -0.15) is 0 Å². The molecule has 0 bridgehead atoms. The third-order valence-corrected chi connectivity index (χ3v) is 3.31. The van der Waals surface area contributed by atoms with E-state index >= 15 is 0 Å². The molecule has 3 aromatic rings. The van der Waals surface area contributed by atoms with Gasteiger partial charge < -0.3 is 9.73 Å². The lowest BCUT2D eigenvalue weighted by Gasteiger charge is -2.05. The molecule has 0 radical (unpaired) electrons. The molecule has 1 amide bonds. The smallest absolute Gasteiger partial charge is 0.349 e. The molecule has 0 saturated heterocycles. The maximum atomic E-state index is 12.2. The normalized spacial score (nSPS) is 10.6. The Morgan fingerprint density at radius 1 is 1.27 bits per heavy atom. The Kier molecular flexibility index (Phi) is 3.70. The zero-order chi connectivity index (χ0) is 15.5. The van der Waals surface area contributed by atoms with Crippen LogP contribution in [-0.2, 0) is 6.54 Å². The topological polar surface area (TPSA) is 72.2 Å². The van der Waals surface area contributed by atoms with Gasteiger partial charge in [0, 0.05) is 24.3 Å². The van der Waals surface area contributed by atoms with E-state index in [-0.39, 0.29) is 5.56 Å². The van der Waals surface area contributed by atoms with Gasteiger partial charge in [0.25, 0.3) is 5.91 Å². The molecule has 0 aliphatic carbocycles. The molecule has 22 heavy (non-hydrogen) atoms. The summed E-state index contributed by atoms with van der Waals surface area (Å²) in [7, 11) is 0. The Balaban J connectivity index is 1.87. The van der Waals surface area contributed by atoms with Gasteiger partial charge in [-0.1, -0.05) is 17.7 Å². The average molecular weight is 294 g/mol. The van der Waals surface area contributed by atoms with Crippen molar-refractivity contribution >= 4 is 16.9 Å². The summed E-state index contributed by atoms with van der Waals surface area (Å²) in [5, 5.41) is 3.42. The summed E-state index contributed by atoms with van der Waals surface area (Å²) in [5.74, 6) is -0.457. The molecule has 3 rings (SSSR count). The Morgan fingerprint density at radius 3 is 2.91 bits per heavy atom. The van der Waals surface area contributed by atoms with Crippen LogP contribution in [0.25, 0.3) is 11.0 Å². The van der Waals surface area contributed by atoms with Crippen molar-refractivity contribution in [2.45, 2.75) is 13.5 Å². The summed E-state index contributed by atoms with van der Waals surface area (Å²) in [6.45, 7) is 2.24. The molecule has 5 nitrogen and oxygen atoms in total. The van der Waals surface area contributed by atoms with E-state index in [2.05, 4.69) is 10.3 Å². The largest absolute Gasteiger partial charge is 0.422 e. The van der Waals surface area contributed by atoms with E-state index < -0.39 is 11.5 Å². The van der Waals surface area contributed by atoms with Gasteiger partial charge in [0.2, 0.25) is 0 Å². The van der Waals surface area contributed by atoms with Crippen LogP contribution in [0.2, 0.25) is 0 Å². The summed E-state index contributed by atoms with van der Waals surface area (Å²) in [4.78, 5) is 28.1. The predicted molar refractivity (Wildman–Crippen MR) is 82.6 cm³/mol. The molecule has 0 atom stereocenters. The lowest BCUT2D eigenvalue weighted by Crippen LogP contribution is -2.27. The number of carbonyl (C=O) groups excluding carboxylic acids is 1. The van der Waals surface area contributed by atoms with Crippen LogP contribution >= 0.6 is 0 Å². The van der Waals surface area contributed by atoms with E-state index in [1.807, 2.05) is 25.1 Å². The van der Waals surface area contributed by atoms with Crippen molar-refractivity contribution in [3.05, 3.63) is 75.9 Å². The number of amides is 1. The highest BCUT2D eigenvalue weighted by Gasteiger charge is 2.13. The Hall–Kier alpha value is -2.95. The molecule has 0 fully saturated rings. The number of rotatable bonds is 3. The van der Waals surface area contributed by atoms with Crippen molar-refractivity contribution in [2.24, 2.45) is 0 Å². The van der Waals surface area contributed by atoms with Gasteiger partial charge >= 0.3 is 5.63 Å². The number of aromatic nitrogens is 1.